The lowest BCUT2D eigenvalue weighted by atomic mass is 9.94. The van der Waals surface area contributed by atoms with Crippen molar-refractivity contribution in [3.8, 4) is 0 Å². The molecule has 2 unspecified atom stereocenters. The van der Waals surface area contributed by atoms with Crippen molar-refractivity contribution in [2.24, 2.45) is 0 Å². The zero-order valence-corrected chi connectivity index (χ0v) is 33.0. The van der Waals surface area contributed by atoms with Crippen LogP contribution in [0.25, 0.3) is 0 Å². The van der Waals surface area contributed by atoms with Crippen molar-refractivity contribution in [2.75, 3.05) is 19.8 Å². The third-order valence-corrected chi connectivity index (χ3v) is 10.6. The van der Waals surface area contributed by atoms with E-state index in [2.05, 4.69) is 10.6 Å². The quantitative estimate of drug-likeness (QED) is 0.0725. The number of carboxylic acids is 2. The summed E-state index contributed by atoms with van der Waals surface area (Å²) in [5.41, 5.74) is 0. The lowest BCUT2D eigenvalue weighted by molar-refractivity contribution is -0.371. The van der Waals surface area contributed by atoms with Crippen LogP contribution in [-0.4, -0.2) is 256 Å². The first kappa shape index (κ1) is 50.6. The van der Waals surface area contributed by atoms with Crippen molar-refractivity contribution in [3.63, 3.8) is 0 Å². The van der Waals surface area contributed by atoms with Crippen LogP contribution in [0.3, 0.4) is 0 Å². The van der Waals surface area contributed by atoms with E-state index in [1.807, 2.05) is 0 Å². The van der Waals surface area contributed by atoms with Crippen molar-refractivity contribution in [1.29, 1.82) is 0 Å². The van der Waals surface area contributed by atoms with Crippen molar-refractivity contribution >= 4 is 23.8 Å². The van der Waals surface area contributed by atoms with Crippen LogP contribution < -0.4 is 10.6 Å². The van der Waals surface area contributed by atoms with Gasteiger partial charge in [0.1, 0.15) is 110 Å². The number of ether oxygens (including phenoxy) is 9. The molecule has 5 aliphatic heterocycles. The first-order valence-corrected chi connectivity index (χ1v) is 19.2. The van der Waals surface area contributed by atoms with Gasteiger partial charge in [-0.3, -0.25) is 9.59 Å². The second-order valence-electron chi connectivity index (χ2n) is 15.1. The predicted molar refractivity (Wildman–Crippen MR) is 189 cm³/mol. The molecule has 29 nitrogen and oxygen atoms in total. The van der Waals surface area contributed by atoms with Crippen LogP contribution in [0.1, 0.15) is 13.8 Å². The third kappa shape index (κ3) is 11.0. The van der Waals surface area contributed by atoms with E-state index in [-0.39, 0.29) is 5.76 Å². The van der Waals surface area contributed by atoms with Gasteiger partial charge in [0.15, 0.2) is 37.4 Å². The number of nitrogens with one attached hydrogen (secondary N) is 2. The average molecular weight is 921 g/mol. The molecule has 63 heavy (non-hydrogen) atoms. The van der Waals surface area contributed by atoms with Crippen molar-refractivity contribution in [1.82, 2.24) is 10.6 Å². The topological polar surface area (TPSA) is 459 Å². The first-order valence-electron chi connectivity index (χ1n) is 19.2. The highest BCUT2D eigenvalue weighted by molar-refractivity contribution is 5.74. The lowest BCUT2D eigenvalue weighted by Gasteiger charge is -2.50. The number of aliphatic hydroxyl groups is 12. The molecule has 0 radical (unpaired) electrons. The maximum absolute atomic E-state index is 12.7. The maximum atomic E-state index is 12.7. The van der Waals surface area contributed by atoms with E-state index >= 15 is 0 Å². The summed E-state index contributed by atoms with van der Waals surface area (Å²) >= 11 is 0. The number of hydrogen-bond acceptors (Lipinski definition) is 25. The van der Waals surface area contributed by atoms with Gasteiger partial charge in [-0.1, -0.05) is 0 Å². The Bertz CT molecular complexity index is 1630. The number of aliphatic hydroxyl groups excluding tert-OH is 12. The van der Waals surface area contributed by atoms with Crippen molar-refractivity contribution in [2.45, 2.75) is 155 Å². The molecule has 0 aromatic carbocycles. The van der Waals surface area contributed by atoms with Gasteiger partial charge in [-0.2, -0.15) is 0 Å². The standard InChI is InChI=1S/C34H52N2O27/c1-7(40)35-13-23(17(45)11(5-38)56-31(13)61-24-20(48)26(28(50)51)58-30(54)21(24)49)60-34-19(47)18(46)25(27(63-34)29(52)53)62-32-14(36-8(2)41)22(16(44)12(6-39)57-32)59-33-15(43)10(42)3-9(4-37)55-33/h3,10-27,30-34,37-39,42-49,54H,4-6H2,1-2H3,(H,35,40)(H,36,41)(H,50,51)(H,52,53)/t10-,11+,12+,13+,14+,15+,16+,17+,18+,19+,20-,21+,22+,23+,24-,25-,26-,27-,30?,31?,32-,33-,34+/m0/s1. The molecule has 23 atom stereocenters. The summed E-state index contributed by atoms with van der Waals surface area (Å²) in [5.74, 6) is -5.73. The Kier molecular flexibility index (Phi) is 17.1. The van der Waals surface area contributed by atoms with Gasteiger partial charge in [0, 0.05) is 13.8 Å². The van der Waals surface area contributed by atoms with E-state index in [1.165, 1.54) is 0 Å². The molecule has 29 heteroatoms. The predicted octanol–water partition coefficient (Wildman–Crippen LogP) is -10.3. The molecule has 0 aliphatic carbocycles. The normalized spacial score (nSPS) is 45.6. The van der Waals surface area contributed by atoms with Gasteiger partial charge in [-0.15, -0.1) is 0 Å². The van der Waals surface area contributed by atoms with Gasteiger partial charge in [-0.25, -0.2) is 9.59 Å². The van der Waals surface area contributed by atoms with Crippen LogP contribution in [0.2, 0.25) is 0 Å². The Balaban J connectivity index is 1.42. The summed E-state index contributed by atoms with van der Waals surface area (Å²) in [7, 11) is 0. The number of carboxylic acid groups (broad SMARTS) is 2. The first-order chi connectivity index (χ1) is 29.6. The molecule has 0 saturated carbocycles. The lowest BCUT2D eigenvalue weighted by Crippen LogP contribution is -2.71. The molecule has 0 spiro atoms. The van der Waals surface area contributed by atoms with Crippen LogP contribution in [0.15, 0.2) is 11.8 Å². The molecule has 5 heterocycles. The van der Waals surface area contributed by atoms with Crippen LogP contribution in [-0.2, 0) is 61.8 Å². The fourth-order valence-corrected chi connectivity index (χ4v) is 7.51. The molecule has 4 saturated heterocycles. The Labute approximate surface area is 354 Å². The zero-order chi connectivity index (χ0) is 46.8. The summed E-state index contributed by atoms with van der Waals surface area (Å²) in [6.45, 7) is -0.870. The summed E-state index contributed by atoms with van der Waals surface area (Å²) in [6, 6.07) is -3.58. The van der Waals surface area contributed by atoms with Gasteiger partial charge in [0.25, 0.3) is 0 Å². The zero-order valence-electron chi connectivity index (χ0n) is 33.0. The minimum absolute atomic E-state index is 0.267. The molecular weight excluding hydrogens is 868 g/mol. The van der Waals surface area contributed by atoms with Crippen molar-refractivity contribution < 1.29 is 133 Å². The molecule has 5 aliphatic rings. The largest absolute Gasteiger partial charge is 0.479 e. The van der Waals surface area contributed by atoms with E-state index in [0.717, 1.165) is 19.9 Å². The minimum Gasteiger partial charge on any atom is -0.479 e. The molecule has 0 aromatic rings. The SMILES string of the molecule is CC(=O)N[C@H]1[C@H](O[C@H]2[C@H](O)[C@@H](O)[C@H](O[C@H]3[C@H](O)[C@@H](CO)OC(O[C@H]4[C@H](O)[C@@H](C(=O)O)OC(O)[C@@H]4O)[C@@H]3NC(C)=O)O[C@@H]2C(=O)O)O[C@H](CO)[C@@H](O)[C@@H]1O[C@@H]1OC(CO)=C[C@H](O)[C@H]1O. The van der Waals surface area contributed by atoms with E-state index in [1.54, 1.807) is 0 Å². The molecule has 2 amide bonds. The van der Waals surface area contributed by atoms with Crippen LogP contribution >= 0.6 is 0 Å². The number of hydrogen-bond donors (Lipinski definition) is 16. The summed E-state index contributed by atoms with van der Waals surface area (Å²) in [4.78, 5) is 49.3. The number of amides is 2. The molecular formula is C34H52N2O27. The minimum atomic E-state index is -2.39. The number of carbonyl (C=O) groups excluding carboxylic acids is 2. The molecule has 0 aromatic heterocycles. The highest BCUT2D eigenvalue weighted by atomic mass is 16.8. The summed E-state index contributed by atoms with van der Waals surface area (Å²) in [6.07, 6.45) is -42.2. The fraction of sp³-hybridized carbons (Fsp3) is 0.824. The number of aliphatic carboxylic acids is 2. The Hall–Kier alpha value is -3.38. The van der Waals surface area contributed by atoms with Crippen molar-refractivity contribution in [3.05, 3.63) is 11.8 Å². The maximum Gasteiger partial charge on any atom is 0.335 e. The molecule has 5 rings (SSSR count). The van der Waals surface area contributed by atoms with E-state index in [0.29, 0.717) is 0 Å². The van der Waals surface area contributed by atoms with Gasteiger partial charge in [-0.05, 0) is 6.08 Å². The number of carbonyl (C=O) groups is 4. The van der Waals surface area contributed by atoms with Crippen LogP contribution in [0, 0.1) is 0 Å². The van der Waals surface area contributed by atoms with E-state index in [4.69, 9.17) is 42.6 Å². The smallest absolute Gasteiger partial charge is 0.335 e. The second-order valence-corrected chi connectivity index (χ2v) is 15.1. The van der Waals surface area contributed by atoms with E-state index in [9.17, 15) is 90.7 Å². The molecule has 4 fully saturated rings. The molecule has 360 valence electrons. The van der Waals surface area contributed by atoms with Crippen LogP contribution in [0.5, 0.6) is 0 Å². The third-order valence-electron chi connectivity index (χ3n) is 10.6. The summed E-state index contributed by atoms with van der Waals surface area (Å²) < 4.78 is 49.7. The number of rotatable bonds is 15. The second kappa shape index (κ2) is 21.3. The molecule has 16 N–H and O–H groups in total. The summed E-state index contributed by atoms with van der Waals surface area (Å²) in [5, 5.41) is 151. The highest BCUT2D eigenvalue weighted by Gasteiger charge is 2.58. The fourth-order valence-electron chi connectivity index (χ4n) is 7.51. The van der Waals surface area contributed by atoms with Gasteiger partial charge >= 0.3 is 11.9 Å². The van der Waals surface area contributed by atoms with Gasteiger partial charge < -0.3 is 125 Å². The highest BCUT2D eigenvalue weighted by Crippen LogP contribution is 2.36. The monoisotopic (exact) mass is 920 g/mol. The van der Waals surface area contributed by atoms with Crippen LogP contribution in [0.4, 0.5) is 0 Å². The Morgan fingerprint density at radius 1 is 0.540 bits per heavy atom. The van der Waals surface area contributed by atoms with E-state index < -0.39 is 185 Å². The van der Waals surface area contributed by atoms with Gasteiger partial charge in [0.2, 0.25) is 18.1 Å². The van der Waals surface area contributed by atoms with Gasteiger partial charge in [0.05, 0.1) is 13.2 Å². The molecule has 0 bridgehead atoms. The Morgan fingerprint density at radius 2 is 1.02 bits per heavy atom. The average Bonchev–Trinajstić information content (AvgIpc) is 3.22. The Morgan fingerprint density at radius 3 is 1.48 bits per heavy atom.